The van der Waals surface area contributed by atoms with Gasteiger partial charge in [-0.2, -0.15) is 0 Å². The van der Waals surface area contributed by atoms with E-state index >= 15 is 0 Å². The van der Waals surface area contributed by atoms with Crippen molar-refractivity contribution in [1.29, 1.82) is 0 Å². The van der Waals surface area contributed by atoms with E-state index in [1.54, 1.807) is 0 Å². The number of fused-ring (bicyclic) bond motifs is 2. The molecule has 0 aromatic heterocycles. The van der Waals surface area contributed by atoms with Crippen LogP contribution in [0.1, 0.15) is 42.9 Å². The van der Waals surface area contributed by atoms with E-state index in [1.165, 1.54) is 64.0 Å². The quantitative estimate of drug-likeness (QED) is 0.220. The van der Waals surface area contributed by atoms with Crippen LogP contribution in [0.25, 0.3) is 16.7 Å². The van der Waals surface area contributed by atoms with Gasteiger partial charge in [-0.15, -0.1) is 0 Å². The summed E-state index contributed by atoms with van der Waals surface area (Å²) in [7, 11) is 0. The van der Waals surface area contributed by atoms with Crippen molar-refractivity contribution < 1.29 is 50.9 Å². The Labute approximate surface area is 288 Å². The first-order chi connectivity index (χ1) is 21.5. The van der Waals surface area contributed by atoms with Crippen LogP contribution in [0.2, 0.25) is 0 Å². The third kappa shape index (κ3) is 6.26. The molecule has 0 amide bonds. The molecule has 0 radical (unpaired) electrons. The molecule has 0 N–H and O–H groups in total. The summed E-state index contributed by atoms with van der Waals surface area (Å²) in [4.78, 5) is 4.60. The predicted molar refractivity (Wildman–Crippen MR) is 178 cm³/mol. The van der Waals surface area contributed by atoms with Gasteiger partial charge in [-0.1, -0.05) is 0 Å². The van der Waals surface area contributed by atoms with Crippen molar-refractivity contribution in [3.05, 3.63) is 151 Å². The molecule has 3 aromatic carbocycles. The summed E-state index contributed by atoms with van der Waals surface area (Å²) in [5.41, 5.74) is 9.67. The Bertz CT molecular complexity index is 1790. The fraction of sp³-hybridized carbons (Fsp3) is 0.154. The molecular weight excluding hydrogens is 649 g/mol. The molecule has 2 atom stereocenters. The van der Waals surface area contributed by atoms with Crippen LogP contribution >= 0.6 is 0 Å². The molecule has 2 nitrogen and oxygen atoms in total. The Hall–Kier alpha value is -2.94. The van der Waals surface area contributed by atoms with Crippen LogP contribution in [0.4, 0.5) is 11.4 Å². The molecule has 44 heavy (non-hydrogen) atoms. The van der Waals surface area contributed by atoms with Crippen molar-refractivity contribution in [3.8, 4) is 0 Å². The molecule has 1 saturated carbocycles. The number of hydrogen-bond acceptors (Lipinski definition) is 2. The van der Waals surface area contributed by atoms with Crippen LogP contribution in [-0.2, 0) is 50.9 Å². The molecule has 2 unspecified atom stereocenters. The Morgan fingerprint density at radius 2 is 1.50 bits per heavy atom. The predicted octanol–water partition coefficient (Wildman–Crippen LogP) is 8.60. The van der Waals surface area contributed by atoms with Crippen molar-refractivity contribution in [2.24, 2.45) is 11.8 Å². The van der Waals surface area contributed by atoms with E-state index in [4.69, 9.17) is 0 Å². The van der Waals surface area contributed by atoms with Gasteiger partial charge in [-0.05, 0) is 0 Å². The number of hydrogen-bond donors (Lipinski definition) is 0. The summed E-state index contributed by atoms with van der Waals surface area (Å²) in [6.45, 7) is 6.31. The summed E-state index contributed by atoms with van der Waals surface area (Å²) >= 11 is 8.36. The maximum absolute atomic E-state index is 3.93. The summed E-state index contributed by atoms with van der Waals surface area (Å²) in [6.07, 6.45) is 21.5. The maximum atomic E-state index is 3.93. The average Bonchev–Trinajstić information content (AvgIpc) is 3.67. The number of allylic oxidation sites excluding steroid dienone is 7. The van der Waals surface area contributed by atoms with Crippen LogP contribution < -0.4 is 9.80 Å². The molecule has 2 aliphatic heterocycles. The number of anilines is 2. The van der Waals surface area contributed by atoms with Gasteiger partial charge in [0.15, 0.2) is 0 Å². The van der Waals surface area contributed by atoms with Crippen molar-refractivity contribution in [2.75, 3.05) is 9.80 Å². The molecule has 0 spiro atoms. The van der Waals surface area contributed by atoms with E-state index in [-0.39, 0.29) is 0 Å². The zero-order valence-electron chi connectivity index (χ0n) is 24.8. The first kappa shape index (κ1) is 31.1. The second-order valence-electron chi connectivity index (χ2n) is 11.4. The molecule has 3 aromatic rings. The molecule has 213 valence electrons. The fourth-order valence-corrected chi connectivity index (χ4v) is 8.29. The summed E-state index contributed by atoms with van der Waals surface area (Å²) in [6, 6.07) is 27.9. The standard InChI is InChI=1S/C39H34N2.3V/c1-3-13-34-28-40(38-21-9-7-19-36(34)38)26-12-18-35-29-41(39-22-10-8-20-37(35)39)27-25-33(32-15-5-4-6-16-32)24-23-31-17-11-14-30(31)2;;;/h3-10,12-13,15-16,18-26,30-31H,1,11,14,17H2,2H3;;;/q;;;+2. The normalized spacial score (nSPS) is 21.7. The monoisotopic (exact) mass is 683 g/mol. The average molecular weight is 684 g/mol. The molecule has 5 heteroatoms. The molecule has 2 heterocycles. The molecule has 6 rings (SSSR count). The zero-order chi connectivity index (χ0) is 30.6. The summed E-state index contributed by atoms with van der Waals surface area (Å²) in [5.74, 6) is 1.41. The van der Waals surface area contributed by atoms with Crippen LogP contribution in [0, 0.1) is 11.8 Å². The van der Waals surface area contributed by atoms with E-state index in [9.17, 15) is 0 Å². The van der Waals surface area contributed by atoms with Crippen LogP contribution in [0.5, 0.6) is 0 Å². The number of para-hydroxylation sites is 2. The molecule has 0 bridgehead atoms. The van der Waals surface area contributed by atoms with Crippen molar-refractivity contribution in [1.82, 2.24) is 0 Å². The SMILES string of the molecule is C=CC=C1[C](=[V])N(C=CC=C2[C](=[V])N([C](=[V+2])C=C(C=CC3CCCC3C)c3ccccc3)c3ccccc32)c2ccccc21. The molecule has 0 saturated heterocycles. The third-order valence-corrected chi connectivity index (χ3v) is 10.6. The summed E-state index contributed by atoms with van der Waals surface area (Å²) < 4.78 is 3.42. The van der Waals surface area contributed by atoms with E-state index in [2.05, 4.69) is 196 Å². The Balaban J connectivity index is 1.31. The molecule has 1 fully saturated rings. The first-order valence-corrected chi connectivity index (χ1v) is 17.2. The topological polar surface area (TPSA) is 6.48 Å². The third-order valence-electron chi connectivity index (χ3n) is 8.66. The fourth-order valence-electron chi connectivity index (χ4n) is 6.33. The van der Waals surface area contributed by atoms with Gasteiger partial charge in [-0.25, -0.2) is 0 Å². The van der Waals surface area contributed by atoms with Gasteiger partial charge in [-0.3, -0.25) is 0 Å². The molecular formula is C39H34N2V3+2. The Morgan fingerprint density at radius 1 is 0.841 bits per heavy atom. The van der Waals surface area contributed by atoms with E-state index in [0.29, 0.717) is 5.92 Å². The van der Waals surface area contributed by atoms with Crippen LogP contribution in [-0.4, -0.2) is 13.1 Å². The number of nitrogens with zero attached hydrogens (tertiary/aromatic N) is 2. The first-order valence-electron chi connectivity index (χ1n) is 15.1. The minimum absolute atomic E-state index is 0.654. The number of benzene rings is 3. The van der Waals surface area contributed by atoms with Crippen LogP contribution in [0.3, 0.4) is 0 Å². The van der Waals surface area contributed by atoms with E-state index in [0.717, 1.165) is 19.0 Å². The van der Waals surface area contributed by atoms with Gasteiger partial charge in [0.25, 0.3) is 0 Å². The molecule has 3 aliphatic rings. The van der Waals surface area contributed by atoms with Gasteiger partial charge in [0.2, 0.25) is 0 Å². The second-order valence-corrected chi connectivity index (χ2v) is 13.4. The number of rotatable bonds is 8. The van der Waals surface area contributed by atoms with Gasteiger partial charge < -0.3 is 0 Å². The van der Waals surface area contributed by atoms with Crippen LogP contribution in [0.15, 0.2) is 134 Å². The second kappa shape index (κ2) is 14.0. The van der Waals surface area contributed by atoms with Gasteiger partial charge in [0.1, 0.15) is 0 Å². The Morgan fingerprint density at radius 3 is 2.20 bits per heavy atom. The van der Waals surface area contributed by atoms with Gasteiger partial charge in [0, 0.05) is 0 Å². The van der Waals surface area contributed by atoms with Crippen molar-refractivity contribution >= 4 is 41.1 Å². The van der Waals surface area contributed by atoms with E-state index in [1.807, 2.05) is 6.08 Å². The zero-order valence-corrected chi connectivity index (χ0v) is 29.0. The van der Waals surface area contributed by atoms with Gasteiger partial charge >= 0.3 is 291 Å². The summed E-state index contributed by atoms with van der Waals surface area (Å²) in [5, 5.41) is 0. The van der Waals surface area contributed by atoms with E-state index < -0.39 is 0 Å². The molecule has 1 aliphatic carbocycles. The Kier molecular flexibility index (Phi) is 9.89. The van der Waals surface area contributed by atoms with Gasteiger partial charge in [0.05, 0.1) is 0 Å². The van der Waals surface area contributed by atoms with Crippen molar-refractivity contribution in [2.45, 2.75) is 26.2 Å². The van der Waals surface area contributed by atoms with Crippen molar-refractivity contribution in [3.63, 3.8) is 0 Å². The minimum atomic E-state index is 0.654.